The fourth-order valence-corrected chi connectivity index (χ4v) is 2.56. The average molecular weight is 306 g/mol. The van der Waals surface area contributed by atoms with Gasteiger partial charge in [-0.3, -0.25) is 4.79 Å². The molecular formula is C15H13ClFN3O. The fourth-order valence-electron chi connectivity index (χ4n) is 2.34. The molecule has 0 fully saturated rings. The predicted octanol–water partition coefficient (Wildman–Crippen LogP) is 3.69. The summed E-state index contributed by atoms with van der Waals surface area (Å²) in [6, 6.07) is 7.76. The SMILES string of the molecule is Nc1cc2c(cc1Nc1cc(F)cc(Cl)c1)CCC(=O)N2. The molecule has 3 rings (SSSR count). The number of nitrogens with one attached hydrogen (secondary N) is 2. The Balaban J connectivity index is 1.94. The molecule has 1 heterocycles. The van der Waals surface area contributed by atoms with Crippen LogP contribution in [0.5, 0.6) is 0 Å². The summed E-state index contributed by atoms with van der Waals surface area (Å²) in [4.78, 5) is 11.4. The summed E-state index contributed by atoms with van der Waals surface area (Å²) in [5.41, 5.74) is 9.34. The van der Waals surface area contributed by atoms with Crippen molar-refractivity contribution in [2.45, 2.75) is 12.8 Å². The number of nitrogens with two attached hydrogens (primary N) is 1. The normalized spacial score (nSPS) is 13.5. The van der Waals surface area contributed by atoms with Gasteiger partial charge in [0.25, 0.3) is 0 Å². The molecule has 0 aliphatic carbocycles. The zero-order valence-corrected chi connectivity index (χ0v) is 11.8. The first-order chi connectivity index (χ1) is 10.0. The van der Waals surface area contributed by atoms with E-state index in [9.17, 15) is 9.18 Å². The average Bonchev–Trinajstić information content (AvgIpc) is 2.38. The van der Waals surface area contributed by atoms with Gasteiger partial charge in [0.1, 0.15) is 5.82 Å². The van der Waals surface area contributed by atoms with Crippen LogP contribution in [-0.2, 0) is 11.2 Å². The third-order valence-electron chi connectivity index (χ3n) is 3.31. The van der Waals surface area contributed by atoms with Gasteiger partial charge in [-0.25, -0.2) is 4.39 Å². The summed E-state index contributed by atoms with van der Waals surface area (Å²) in [7, 11) is 0. The molecule has 0 spiro atoms. The van der Waals surface area contributed by atoms with Gasteiger partial charge in [0.15, 0.2) is 0 Å². The minimum absolute atomic E-state index is 0.0143. The molecule has 0 atom stereocenters. The van der Waals surface area contributed by atoms with E-state index in [1.807, 2.05) is 6.07 Å². The number of nitrogen functional groups attached to an aromatic ring is 1. The van der Waals surface area contributed by atoms with Crippen molar-refractivity contribution in [1.82, 2.24) is 0 Å². The van der Waals surface area contributed by atoms with E-state index in [0.29, 0.717) is 34.9 Å². The lowest BCUT2D eigenvalue weighted by atomic mass is 10.0. The van der Waals surface area contributed by atoms with E-state index in [1.165, 1.54) is 12.1 Å². The van der Waals surface area contributed by atoms with Gasteiger partial charge in [0.05, 0.1) is 11.4 Å². The Kier molecular flexibility index (Phi) is 3.43. The number of carbonyl (C=O) groups excluding carboxylic acids is 1. The minimum Gasteiger partial charge on any atom is -0.397 e. The zero-order chi connectivity index (χ0) is 15.0. The molecular weight excluding hydrogens is 293 g/mol. The first-order valence-corrected chi connectivity index (χ1v) is 6.84. The van der Waals surface area contributed by atoms with E-state index in [-0.39, 0.29) is 5.91 Å². The molecule has 1 aliphatic rings. The molecule has 1 aliphatic heterocycles. The van der Waals surface area contributed by atoms with Gasteiger partial charge in [-0.05, 0) is 42.3 Å². The summed E-state index contributed by atoms with van der Waals surface area (Å²) in [5, 5.41) is 6.14. The third kappa shape index (κ3) is 2.92. The van der Waals surface area contributed by atoms with E-state index in [2.05, 4.69) is 10.6 Å². The van der Waals surface area contributed by atoms with Crippen molar-refractivity contribution in [3.63, 3.8) is 0 Å². The predicted molar refractivity (Wildman–Crippen MR) is 82.5 cm³/mol. The number of hydrogen-bond acceptors (Lipinski definition) is 3. The van der Waals surface area contributed by atoms with Crippen LogP contribution in [0.15, 0.2) is 30.3 Å². The maximum atomic E-state index is 13.3. The second-order valence-electron chi connectivity index (χ2n) is 4.93. The lowest BCUT2D eigenvalue weighted by molar-refractivity contribution is -0.116. The highest BCUT2D eigenvalue weighted by molar-refractivity contribution is 6.30. The second-order valence-corrected chi connectivity index (χ2v) is 5.36. The number of aryl methyl sites for hydroxylation is 1. The van der Waals surface area contributed by atoms with Crippen LogP contribution in [0.4, 0.5) is 27.1 Å². The lowest BCUT2D eigenvalue weighted by Crippen LogP contribution is -2.19. The zero-order valence-electron chi connectivity index (χ0n) is 11.0. The number of hydrogen-bond donors (Lipinski definition) is 3. The van der Waals surface area contributed by atoms with Gasteiger partial charge in [0.2, 0.25) is 5.91 Å². The summed E-state index contributed by atoms with van der Waals surface area (Å²) in [6.45, 7) is 0. The lowest BCUT2D eigenvalue weighted by Gasteiger charge is -2.20. The summed E-state index contributed by atoms with van der Waals surface area (Å²) >= 11 is 5.83. The summed E-state index contributed by atoms with van der Waals surface area (Å²) in [6.07, 6.45) is 1.10. The second kappa shape index (κ2) is 5.26. The molecule has 0 unspecified atom stereocenters. The van der Waals surface area contributed by atoms with Gasteiger partial charge in [0, 0.05) is 22.8 Å². The molecule has 0 bridgehead atoms. The molecule has 21 heavy (non-hydrogen) atoms. The van der Waals surface area contributed by atoms with Crippen molar-refractivity contribution in [2.75, 3.05) is 16.4 Å². The molecule has 2 aromatic rings. The largest absolute Gasteiger partial charge is 0.397 e. The molecule has 1 amide bonds. The highest BCUT2D eigenvalue weighted by Gasteiger charge is 2.16. The van der Waals surface area contributed by atoms with Crippen LogP contribution in [0.25, 0.3) is 0 Å². The topological polar surface area (TPSA) is 67.1 Å². The molecule has 4 nitrogen and oxygen atoms in total. The van der Waals surface area contributed by atoms with Gasteiger partial charge in [-0.1, -0.05) is 11.6 Å². The van der Waals surface area contributed by atoms with Crippen LogP contribution in [-0.4, -0.2) is 5.91 Å². The summed E-state index contributed by atoms with van der Waals surface area (Å²) < 4.78 is 13.3. The Bertz CT molecular complexity index is 713. The molecule has 4 N–H and O–H groups in total. The molecule has 0 saturated carbocycles. The van der Waals surface area contributed by atoms with Crippen LogP contribution in [0.2, 0.25) is 5.02 Å². The first-order valence-electron chi connectivity index (χ1n) is 6.46. The Morgan fingerprint density at radius 3 is 2.76 bits per heavy atom. The molecule has 0 radical (unpaired) electrons. The first kappa shape index (κ1) is 13.7. The Labute approximate surface area is 126 Å². The monoisotopic (exact) mass is 305 g/mol. The van der Waals surface area contributed by atoms with Crippen molar-refractivity contribution in [3.05, 3.63) is 46.7 Å². The third-order valence-corrected chi connectivity index (χ3v) is 3.53. The van der Waals surface area contributed by atoms with Gasteiger partial charge < -0.3 is 16.4 Å². The van der Waals surface area contributed by atoms with E-state index in [4.69, 9.17) is 17.3 Å². The van der Waals surface area contributed by atoms with Crippen molar-refractivity contribution >= 4 is 40.3 Å². The van der Waals surface area contributed by atoms with E-state index in [1.54, 1.807) is 12.1 Å². The van der Waals surface area contributed by atoms with Crippen molar-refractivity contribution in [2.24, 2.45) is 0 Å². The fraction of sp³-hybridized carbons (Fsp3) is 0.133. The number of halogens is 2. The van der Waals surface area contributed by atoms with E-state index >= 15 is 0 Å². The van der Waals surface area contributed by atoms with Crippen LogP contribution in [0.3, 0.4) is 0 Å². The maximum absolute atomic E-state index is 13.3. The summed E-state index contributed by atoms with van der Waals surface area (Å²) in [5.74, 6) is -0.437. The van der Waals surface area contributed by atoms with Crippen molar-refractivity contribution < 1.29 is 9.18 Å². The highest BCUT2D eigenvalue weighted by atomic mass is 35.5. The molecule has 6 heteroatoms. The number of rotatable bonds is 2. The minimum atomic E-state index is -0.422. The van der Waals surface area contributed by atoms with Crippen LogP contribution in [0, 0.1) is 5.82 Å². The Hall–Kier alpha value is -2.27. The van der Waals surface area contributed by atoms with Crippen molar-refractivity contribution in [1.29, 1.82) is 0 Å². The molecule has 0 aromatic heterocycles. The number of amides is 1. The van der Waals surface area contributed by atoms with Gasteiger partial charge >= 0.3 is 0 Å². The van der Waals surface area contributed by atoms with Crippen LogP contribution >= 0.6 is 11.6 Å². The standard InChI is InChI=1S/C15H13ClFN3O/c16-9-4-10(17)6-11(5-9)19-14-3-8-1-2-15(21)20-13(8)7-12(14)18/h3-7,19H,1-2,18H2,(H,20,21). The molecule has 0 saturated heterocycles. The smallest absolute Gasteiger partial charge is 0.224 e. The van der Waals surface area contributed by atoms with E-state index in [0.717, 1.165) is 11.3 Å². The number of carbonyl (C=O) groups is 1. The maximum Gasteiger partial charge on any atom is 0.224 e. The number of anilines is 4. The Morgan fingerprint density at radius 1 is 1.19 bits per heavy atom. The molecule has 108 valence electrons. The quantitative estimate of drug-likeness (QED) is 0.741. The highest BCUT2D eigenvalue weighted by Crippen LogP contribution is 2.33. The van der Waals surface area contributed by atoms with Crippen molar-refractivity contribution in [3.8, 4) is 0 Å². The van der Waals surface area contributed by atoms with Crippen LogP contribution in [0.1, 0.15) is 12.0 Å². The van der Waals surface area contributed by atoms with Crippen LogP contribution < -0.4 is 16.4 Å². The van der Waals surface area contributed by atoms with E-state index < -0.39 is 5.82 Å². The number of fused-ring (bicyclic) bond motifs is 1. The molecule has 2 aromatic carbocycles. The van der Waals surface area contributed by atoms with Gasteiger partial charge in [-0.2, -0.15) is 0 Å². The van der Waals surface area contributed by atoms with Gasteiger partial charge in [-0.15, -0.1) is 0 Å². The number of benzene rings is 2. The Morgan fingerprint density at radius 2 is 2.00 bits per heavy atom.